The third-order valence-corrected chi connectivity index (χ3v) is 2.08. The smallest absolute Gasteiger partial charge is 0.360 e. The molecule has 3 amide bonds. The van der Waals surface area contributed by atoms with Crippen molar-refractivity contribution in [1.82, 2.24) is 25.6 Å². The highest BCUT2D eigenvalue weighted by Gasteiger charge is 2.13. The van der Waals surface area contributed by atoms with Gasteiger partial charge >= 0.3 is 12.0 Å². The summed E-state index contributed by atoms with van der Waals surface area (Å²) in [5.74, 6) is -1.25. The van der Waals surface area contributed by atoms with Crippen molar-refractivity contribution in [2.24, 2.45) is 0 Å². The molecule has 0 atom stereocenters. The SMILES string of the molecule is COCCNC(=O)NC(=O)Cn1cc(C(=O)OC)nn1. The van der Waals surface area contributed by atoms with E-state index in [1.165, 1.54) is 20.4 Å². The Kier molecular flexibility index (Phi) is 6.10. The average Bonchev–Trinajstić information content (AvgIpc) is 2.86. The standard InChI is InChI=1S/C10H15N5O5/c1-19-4-3-11-10(18)12-8(16)6-15-5-7(13-14-15)9(17)20-2/h5H,3-4,6H2,1-2H3,(H2,11,12,16,18). The number of methoxy groups -OCH3 is 2. The lowest BCUT2D eigenvalue weighted by molar-refractivity contribution is -0.120. The van der Waals surface area contributed by atoms with Crippen molar-refractivity contribution in [3.05, 3.63) is 11.9 Å². The summed E-state index contributed by atoms with van der Waals surface area (Å²) in [5, 5.41) is 11.6. The predicted molar refractivity (Wildman–Crippen MR) is 64.8 cm³/mol. The molecule has 110 valence electrons. The van der Waals surface area contributed by atoms with Gasteiger partial charge in [0.15, 0.2) is 5.69 Å². The van der Waals surface area contributed by atoms with Gasteiger partial charge in [-0.05, 0) is 0 Å². The Morgan fingerprint density at radius 3 is 2.75 bits per heavy atom. The van der Waals surface area contributed by atoms with Crippen molar-refractivity contribution in [1.29, 1.82) is 0 Å². The molecule has 10 nitrogen and oxygen atoms in total. The van der Waals surface area contributed by atoms with Gasteiger partial charge in [0.1, 0.15) is 6.54 Å². The Hall–Kier alpha value is -2.49. The molecule has 0 aliphatic rings. The van der Waals surface area contributed by atoms with Crippen molar-refractivity contribution >= 4 is 17.9 Å². The van der Waals surface area contributed by atoms with Gasteiger partial charge in [-0.15, -0.1) is 5.10 Å². The van der Waals surface area contributed by atoms with Crippen LogP contribution in [0.15, 0.2) is 6.20 Å². The van der Waals surface area contributed by atoms with Crippen molar-refractivity contribution in [2.45, 2.75) is 6.54 Å². The minimum atomic E-state index is -0.658. The molecule has 0 aliphatic heterocycles. The van der Waals surface area contributed by atoms with E-state index >= 15 is 0 Å². The summed E-state index contributed by atoms with van der Waals surface area (Å²) < 4.78 is 10.3. The normalized spacial score (nSPS) is 9.90. The maximum atomic E-state index is 11.5. The third kappa shape index (κ3) is 5.02. The summed E-state index contributed by atoms with van der Waals surface area (Å²) in [7, 11) is 2.70. The topological polar surface area (TPSA) is 124 Å². The largest absolute Gasteiger partial charge is 0.464 e. The second kappa shape index (κ2) is 7.84. The van der Waals surface area contributed by atoms with E-state index in [4.69, 9.17) is 4.74 Å². The van der Waals surface area contributed by atoms with Crippen LogP contribution in [0.3, 0.4) is 0 Å². The number of hydrogen-bond acceptors (Lipinski definition) is 7. The summed E-state index contributed by atoms with van der Waals surface area (Å²) >= 11 is 0. The molecule has 20 heavy (non-hydrogen) atoms. The van der Waals surface area contributed by atoms with E-state index < -0.39 is 17.9 Å². The molecule has 1 rings (SSSR count). The van der Waals surface area contributed by atoms with Crippen LogP contribution in [0.2, 0.25) is 0 Å². The number of urea groups is 1. The molecular weight excluding hydrogens is 270 g/mol. The van der Waals surface area contributed by atoms with Crippen LogP contribution < -0.4 is 10.6 Å². The van der Waals surface area contributed by atoms with E-state index in [2.05, 4.69) is 25.7 Å². The van der Waals surface area contributed by atoms with Crippen LogP contribution in [0, 0.1) is 0 Å². The molecule has 0 unspecified atom stereocenters. The van der Waals surface area contributed by atoms with Gasteiger partial charge in [0.2, 0.25) is 5.91 Å². The van der Waals surface area contributed by atoms with E-state index in [0.29, 0.717) is 6.61 Å². The van der Waals surface area contributed by atoms with E-state index in [-0.39, 0.29) is 18.8 Å². The van der Waals surface area contributed by atoms with Crippen molar-refractivity contribution < 1.29 is 23.9 Å². The number of carbonyl (C=O) groups excluding carboxylic acids is 3. The van der Waals surface area contributed by atoms with Crippen LogP contribution in [0.4, 0.5) is 4.79 Å². The minimum Gasteiger partial charge on any atom is -0.464 e. The highest BCUT2D eigenvalue weighted by Crippen LogP contribution is 1.95. The summed E-state index contributed by atoms with van der Waals surface area (Å²) in [5.41, 5.74) is -0.0233. The first kappa shape index (κ1) is 15.6. The first-order valence-corrected chi connectivity index (χ1v) is 5.62. The summed E-state index contributed by atoms with van der Waals surface area (Å²) in [6, 6.07) is -0.639. The lowest BCUT2D eigenvalue weighted by atomic mass is 10.5. The molecule has 2 N–H and O–H groups in total. The summed E-state index contributed by atoms with van der Waals surface area (Å²) in [4.78, 5) is 33.9. The Balaban J connectivity index is 2.40. The Labute approximate surface area is 114 Å². The third-order valence-electron chi connectivity index (χ3n) is 2.08. The molecule has 0 spiro atoms. The lowest BCUT2D eigenvalue weighted by Gasteiger charge is -2.05. The maximum absolute atomic E-state index is 11.5. The van der Waals surface area contributed by atoms with Gasteiger partial charge in [-0.2, -0.15) is 0 Å². The average molecular weight is 285 g/mol. The molecule has 1 aromatic heterocycles. The fourth-order valence-electron chi connectivity index (χ4n) is 1.20. The number of aromatic nitrogens is 3. The molecule has 0 saturated heterocycles. The second-order valence-corrected chi connectivity index (χ2v) is 3.59. The quantitative estimate of drug-likeness (QED) is 0.483. The van der Waals surface area contributed by atoms with Gasteiger partial charge in [0.05, 0.1) is 19.9 Å². The molecule has 0 aromatic carbocycles. The predicted octanol–water partition coefficient (Wildman–Crippen LogP) is -1.46. The number of imide groups is 1. The number of esters is 1. The monoisotopic (exact) mass is 285 g/mol. The van der Waals surface area contributed by atoms with Crippen LogP contribution in [-0.4, -0.2) is 60.3 Å². The zero-order chi connectivity index (χ0) is 15.0. The van der Waals surface area contributed by atoms with Gasteiger partial charge < -0.3 is 14.8 Å². The lowest BCUT2D eigenvalue weighted by Crippen LogP contribution is -2.42. The van der Waals surface area contributed by atoms with Gasteiger partial charge in [-0.25, -0.2) is 14.3 Å². The Morgan fingerprint density at radius 1 is 1.35 bits per heavy atom. The van der Waals surface area contributed by atoms with Gasteiger partial charge in [0, 0.05) is 13.7 Å². The molecule has 0 aliphatic carbocycles. The highest BCUT2D eigenvalue weighted by atomic mass is 16.5. The van der Waals surface area contributed by atoms with Gasteiger partial charge in [-0.3, -0.25) is 10.1 Å². The molecule has 0 radical (unpaired) electrons. The number of amides is 3. The summed E-state index contributed by atoms with van der Waals surface area (Å²) in [6.07, 6.45) is 1.24. The number of rotatable bonds is 6. The molecule has 1 heterocycles. The van der Waals surface area contributed by atoms with E-state index in [9.17, 15) is 14.4 Å². The minimum absolute atomic E-state index is 0.0233. The number of nitrogens with one attached hydrogen (secondary N) is 2. The van der Waals surface area contributed by atoms with Crippen molar-refractivity contribution in [3.63, 3.8) is 0 Å². The van der Waals surface area contributed by atoms with E-state index in [0.717, 1.165) is 4.68 Å². The molecule has 1 aromatic rings. The molecule has 10 heteroatoms. The van der Waals surface area contributed by atoms with Crippen LogP contribution in [0.25, 0.3) is 0 Å². The van der Waals surface area contributed by atoms with Crippen LogP contribution in [0.5, 0.6) is 0 Å². The molecule has 0 fully saturated rings. The number of carbonyl (C=O) groups is 3. The number of ether oxygens (including phenoxy) is 2. The maximum Gasteiger partial charge on any atom is 0.360 e. The van der Waals surface area contributed by atoms with Gasteiger partial charge in [-0.1, -0.05) is 5.21 Å². The highest BCUT2D eigenvalue weighted by molar-refractivity contribution is 5.94. The zero-order valence-corrected chi connectivity index (χ0v) is 11.1. The Bertz CT molecular complexity index is 486. The molecule has 0 saturated carbocycles. The van der Waals surface area contributed by atoms with E-state index in [1.54, 1.807) is 0 Å². The Morgan fingerprint density at radius 2 is 2.10 bits per heavy atom. The van der Waals surface area contributed by atoms with Crippen molar-refractivity contribution in [2.75, 3.05) is 27.4 Å². The zero-order valence-electron chi connectivity index (χ0n) is 11.1. The fourth-order valence-corrected chi connectivity index (χ4v) is 1.20. The molecule has 0 bridgehead atoms. The summed E-state index contributed by atoms with van der Waals surface area (Å²) in [6.45, 7) is 0.375. The van der Waals surface area contributed by atoms with Crippen LogP contribution in [-0.2, 0) is 20.8 Å². The van der Waals surface area contributed by atoms with Crippen LogP contribution >= 0.6 is 0 Å². The number of hydrogen-bond donors (Lipinski definition) is 2. The molecular formula is C10H15N5O5. The van der Waals surface area contributed by atoms with E-state index in [1.807, 2.05) is 0 Å². The van der Waals surface area contributed by atoms with Crippen molar-refractivity contribution in [3.8, 4) is 0 Å². The van der Waals surface area contributed by atoms with Gasteiger partial charge in [0.25, 0.3) is 0 Å². The first-order valence-electron chi connectivity index (χ1n) is 5.62. The fraction of sp³-hybridized carbons (Fsp3) is 0.500. The number of nitrogens with zero attached hydrogens (tertiary/aromatic N) is 3. The first-order chi connectivity index (χ1) is 9.56. The van der Waals surface area contributed by atoms with Crippen LogP contribution in [0.1, 0.15) is 10.5 Å². The second-order valence-electron chi connectivity index (χ2n) is 3.59.